The molecule has 0 unspecified atom stereocenters. The van der Waals surface area contributed by atoms with Crippen molar-refractivity contribution in [3.8, 4) is 0 Å². The van der Waals surface area contributed by atoms with Gasteiger partial charge in [0.25, 0.3) is 0 Å². The first kappa shape index (κ1) is 19.4. The fourth-order valence-corrected chi connectivity index (χ4v) is 2.33. The summed E-state index contributed by atoms with van der Waals surface area (Å²) in [7, 11) is 0. The van der Waals surface area contributed by atoms with Crippen molar-refractivity contribution in [2.45, 2.75) is 90.2 Å². The highest BCUT2D eigenvalue weighted by molar-refractivity contribution is 5.74. The van der Waals surface area contributed by atoms with Crippen LogP contribution in [0.2, 0.25) is 0 Å². The van der Waals surface area contributed by atoms with E-state index in [0.29, 0.717) is 6.54 Å². The maximum absolute atomic E-state index is 10.8. The minimum Gasteiger partial charge on any atom is -0.480 e. The number of aliphatic hydroxyl groups excluding tert-OH is 1. The van der Waals surface area contributed by atoms with Crippen LogP contribution in [-0.2, 0) is 4.79 Å². The van der Waals surface area contributed by atoms with Gasteiger partial charge in [-0.15, -0.1) is 0 Å². The number of unbranched alkanes of at least 4 members (excludes halogenated alkanes) is 9. The third-order valence-corrected chi connectivity index (χ3v) is 3.64. The summed E-state index contributed by atoms with van der Waals surface area (Å²) >= 11 is 0. The van der Waals surface area contributed by atoms with E-state index in [2.05, 4.69) is 12.2 Å². The minimum absolute atomic E-state index is 0.665. The Bertz CT molecular complexity index is 232. The Hall–Kier alpha value is -0.610. The summed E-state index contributed by atoms with van der Waals surface area (Å²) in [5, 5.41) is 21.1. The molecule has 0 spiro atoms. The van der Waals surface area contributed by atoms with Crippen molar-refractivity contribution in [1.29, 1.82) is 0 Å². The van der Waals surface area contributed by atoms with Crippen molar-refractivity contribution in [3.05, 3.63) is 0 Å². The average Bonchev–Trinajstić information content (AvgIpc) is 2.39. The number of carbonyl (C=O) groups is 1. The molecule has 20 heavy (non-hydrogen) atoms. The molecule has 4 nitrogen and oxygen atoms in total. The van der Waals surface area contributed by atoms with Gasteiger partial charge in [0.15, 0.2) is 0 Å². The Balaban J connectivity index is 3.29. The van der Waals surface area contributed by atoms with Crippen LogP contribution < -0.4 is 5.32 Å². The van der Waals surface area contributed by atoms with Gasteiger partial charge in [-0.25, -0.2) is 0 Å². The zero-order chi connectivity index (χ0) is 15.2. The Morgan fingerprint density at radius 1 is 0.950 bits per heavy atom. The molecular weight excluding hydrogens is 254 g/mol. The van der Waals surface area contributed by atoms with Gasteiger partial charge in [-0.3, -0.25) is 4.79 Å². The third-order valence-electron chi connectivity index (χ3n) is 3.64. The normalized spacial score (nSPS) is 14.2. The van der Waals surface area contributed by atoms with Gasteiger partial charge in [-0.05, 0) is 19.9 Å². The van der Waals surface area contributed by atoms with E-state index in [4.69, 9.17) is 5.11 Å². The highest BCUT2D eigenvalue weighted by Crippen LogP contribution is 2.10. The summed E-state index contributed by atoms with van der Waals surface area (Å²) in [6.45, 7) is 4.41. The van der Waals surface area contributed by atoms with Gasteiger partial charge in [0.2, 0.25) is 0 Å². The maximum atomic E-state index is 10.8. The number of aliphatic hydroxyl groups is 1. The van der Waals surface area contributed by atoms with E-state index in [1.807, 2.05) is 0 Å². The van der Waals surface area contributed by atoms with Gasteiger partial charge in [0.1, 0.15) is 6.04 Å². The van der Waals surface area contributed by atoms with Crippen LogP contribution >= 0.6 is 0 Å². The SMILES string of the molecule is CCCCCCCCCCCCN[C@H](C(=O)O)[C@@H](C)O. The molecule has 0 rings (SSSR count). The zero-order valence-corrected chi connectivity index (χ0v) is 13.2. The summed E-state index contributed by atoms with van der Waals surface area (Å²) in [5.41, 5.74) is 0. The van der Waals surface area contributed by atoms with Gasteiger partial charge in [-0.2, -0.15) is 0 Å². The van der Waals surface area contributed by atoms with Crippen LogP contribution in [0.5, 0.6) is 0 Å². The van der Waals surface area contributed by atoms with Crippen LogP contribution in [-0.4, -0.2) is 34.9 Å². The van der Waals surface area contributed by atoms with Gasteiger partial charge < -0.3 is 15.5 Å². The quantitative estimate of drug-likeness (QED) is 0.429. The molecule has 0 fully saturated rings. The van der Waals surface area contributed by atoms with Crippen LogP contribution in [0.15, 0.2) is 0 Å². The molecule has 0 aromatic rings. The van der Waals surface area contributed by atoms with Crippen molar-refractivity contribution in [2.75, 3.05) is 6.54 Å². The number of carboxylic acids is 1. The van der Waals surface area contributed by atoms with Crippen LogP contribution in [0.4, 0.5) is 0 Å². The van der Waals surface area contributed by atoms with Gasteiger partial charge in [0, 0.05) is 0 Å². The zero-order valence-electron chi connectivity index (χ0n) is 13.2. The second-order valence-corrected chi connectivity index (χ2v) is 5.69. The number of rotatable bonds is 14. The summed E-state index contributed by atoms with van der Waals surface area (Å²) in [5.74, 6) is -0.980. The van der Waals surface area contributed by atoms with Crippen LogP contribution in [0.3, 0.4) is 0 Å². The second kappa shape index (κ2) is 13.4. The number of hydrogen-bond donors (Lipinski definition) is 3. The molecule has 4 heteroatoms. The third kappa shape index (κ3) is 11.2. The molecular formula is C16H33NO3. The van der Waals surface area contributed by atoms with Crippen LogP contribution in [0, 0.1) is 0 Å². The van der Waals surface area contributed by atoms with Gasteiger partial charge in [-0.1, -0.05) is 64.7 Å². The van der Waals surface area contributed by atoms with Gasteiger partial charge >= 0.3 is 5.97 Å². The van der Waals surface area contributed by atoms with Crippen molar-refractivity contribution in [3.63, 3.8) is 0 Å². The van der Waals surface area contributed by atoms with E-state index in [-0.39, 0.29) is 0 Å². The Kier molecular flexibility index (Phi) is 13.0. The number of hydrogen-bond acceptors (Lipinski definition) is 3. The Labute approximate surface area is 124 Å². The standard InChI is InChI=1S/C16H33NO3/c1-3-4-5-6-7-8-9-10-11-12-13-17-15(14(2)18)16(19)20/h14-15,17-18H,3-13H2,1-2H3,(H,19,20)/t14-,15+/m1/s1. The number of carboxylic acid groups (broad SMARTS) is 1. The van der Waals surface area contributed by atoms with Crippen LogP contribution in [0.1, 0.15) is 78.1 Å². The van der Waals surface area contributed by atoms with E-state index >= 15 is 0 Å². The lowest BCUT2D eigenvalue weighted by atomic mass is 10.1. The maximum Gasteiger partial charge on any atom is 0.323 e. The number of aliphatic carboxylic acids is 1. The fraction of sp³-hybridized carbons (Fsp3) is 0.938. The smallest absolute Gasteiger partial charge is 0.323 e. The van der Waals surface area contributed by atoms with E-state index < -0.39 is 18.1 Å². The summed E-state index contributed by atoms with van der Waals surface area (Å²) in [6, 6.07) is -0.839. The highest BCUT2D eigenvalue weighted by Gasteiger charge is 2.21. The Morgan fingerprint density at radius 2 is 1.40 bits per heavy atom. The summed E-state index contributed by atoms with van der Waals surface area (Å²) in [4.78, 5) is 10.8. The lowest BCUT2D eigenvalue weighted by molar-refractivity contribution is -0.142. The Morgan fingerprint density at radius 3 is 1.80 bits per heavy atom. The summed E-state index contributed by atoms with van der Waals surface area (Å²) < 4.78 is 0. The number of nitrogens with one attached hydrogen (secondary N) is 1. The van der Waals surface area contributed by atoms with E-state index in [1.54, 1.807) is 0 Å². The first-order chi connectivity index (χ1) is 9.59. The minimum atomic E-state index is -0.980. The van der Waals surface area contributed by atoms with Crippen molar-refractivity contribution in [2.24, 2.45) is 0 Å². The first-order valence-electron chi connectivity index (χ1n) is 8.23. The molecule has 3 N–H and O–H groups in total. The molecule has 0 heterocycles. The second-order valence-electron chi connectivity index (χ2n) is 5.69. The molecule has 120 valence electrons. The predicted molar refractivity (Wildman–Crippen MR) is 83.0 cm³/mol. The monoisotopic (exact) mass is 287 g/mol. The average molecular weight is 287 g/mol. The molecule has 0 saturated heterocycles. The van der Waals surface area contributed by atoms with Crippen molar-refractivity contribution < 1.29 is 15.0 Å². The molecule has 0 bridgehead atoms. The van der Waals surface area contributed by atoms with Crippen LogP contribution in [0.25, 0.3) is 0 Å². The van der Waals surface area contributed by atoms with E-state index in [0.717, 1.165) is 12.8 Å². The van der Waals surface area contributed by atoms with E-state index in [9.17, 15) is 9.90 Å². The first-order valence-corrected chi connectivity index (χ1v) is 8.23. The lowest BCUT2D eigenvalue weighted by Gasteiger charge is -2.16. The summed E-state index contributed by atoms with van der Waals surface area (Å²) in [6.07, 6.45) is 11.8. The predicted octanol–water partition coefficient (Wildman–Crippen LogP) is 3.33. The molecule has 2 atom stereocenters. The van der Waals surface area contributed by atoms with Crippen molar-refractivity contribution in [1.82, 2.24) is 5.32 Å². The molecule has 0 radical (unpaired) electrons. The molecule has 0 aliphatic heterocycles. The van der Waals surface area contributed by atoms with Gasteiger partial charge in [0.05, 0.1) is 6.10 Å². The fourth-order valence-electron chi connectivity index (χ4n) is 2.33. The lowest BCUT2D eigenvalue weighted by Crippen LogP contribution is -2.45. The largest absolute Gasteiger partial charge is 0.480 e. The molecule has 0 saturated carbocycles. The molecule has 0 aromatic heterocycles. The van der Waals surface area contributed by atoms with E-state index in [1.165, 1.54) is 58.3 Å². The highest BCUT2D eigenvalue weighted by atomic mass is 16.4. The molecule has 0 aliphatic rings. The molecule has 0 aromatic carbocycles. The van der Waals surface area contributed by atoms with Crippen molar-refractivity contribution >= 4 is 5.97 Å². The topological polar surface area (TPSA) is 69.6 Å². The molecule has 0 aliphatic carbocycles. The molecule has 0 amide bonds.